The Bertz CT molecular complexity index is 1930. The summed E-state index contributed by atoms with van der Waals surface area (Å²) in [7, 11) is 0. The summed E-state index contributed by atoms with van der Waals surface area (Å²) in [4.78, 5) is 17.4. The second-order valence-corrected chi connectivity index (χ2v) is 18.3. The summed E-state index contributed by atoms with van der Waals surface area (Å²) in [5, 5.41) is 36.3. The molecule has 6 heteroatoms. The lowest BCUT2D eigenvalue weighted by molar-refractivity contribution is -0.178. The molecule has 3 aromatic carbocycles. The molecule has 3 saturated carbocycles. The molecule has 10 rings (SSSR count). The van der Waals surface area contributed by atoms with Gasteiger partial charge in [0.05, 0.1) is 17.3 Å². The first-order chi connectivity index (χ1) is 24.8. The quantitative estimate of drug-likeness (QED) is 0.176. The Hall–Kier alpha value is -3.06. The van der Waals surface area contributed by atoms with Gasteiger partial charge in [-0.25, -0.2) is 0 Å². The van der Waals surface area contributed by atoms with Crippen molar-refractivity contribution in [2.24, 2.45) is 33.5 Å². The number of halogens is 1. The SMILES string of the molecule is C[C@]12CC[C@H]3[C@]4(C=C[C@@]5(C=C4C(=O)c4ccc(-c6ccccc6)cc4)CC(O)CC[C@]35C)[C@@H]1CC[C@@]2(O)CN1CCC(O)(c2ccc(Cl)cc2)CC1. The zero-order chi connectivity index (χ0) is 36.1. The monoisotopic (exact) mass is 717 g/mol. The molecule has 272 valence electrons. The van der Waals surface area contributed by atoms with Crippen molar-refractivity contribution in [1.82, 2.24) is 4.90 Å². The minimum Gasteiger partial charge on any atom is -0.393 e. The van der Waals surface area contributed by atoms with Crippen LogP contribution >= 0.6 is 11.6 Å². The molecule has 6 aliphatic carbocycles. The molecule has 3 aromatic rings. The zero-order valence-electron chi connectivity index (χ0n) is 30.5. The number of carbonyl (C=O) groups is 1. The van der Waals surface area contributed by atoms with Crippen LogP contribution in [0, 0.1) is 33.5 Å². The fourth-order valence-corrected chi connectivity index (χ4v) is 12.8. The summed E-state index contributed by atoms with van der Waals surface area (Å²) in [5.74, 6) is 0.457. The average molecular weight is 718 g/mol. The third-order valence-corrected chi connectivity index (χ3v) is 16.0. The van der Waals surface area contributed by atoms with E-state index in [1.165, 1.54) is 0 Å². The molecular formula is C46H52ClNO4. The third-order valence-electron chi connectivity index (χ3n) is 15.8. The molecular weight excluding hydrogens is 666 g/mol. The first-order valence-corrected chi connectivity index (χ1v) is 20.0. The van der Waals surface area contributed by atoms with E-state index in [9.17, 15) is 15.3 Å². The summed E-state index contributed by atoms with van der Waals surface area (Å²) in [6, 6.07) is 25.9. The Balaban J connectivity index is 1.05. The van der Waals surface area contributed by atoms with Crippen LogP contribution in [-0.2, 0) is 5.60 Å². The number of aliphatic hydroxyl groups is 3. The van der Waals surface area contributed by atoms with E-state index in [1.54, 1.807) is 0 Å². The van der Waals surface area contributed by atoms with E-state index in [0.717, 1.165) is 54.4 Å². The van der Waals surface area contributed by atoms with Crippen LogP contribution in [0.3, 0.4) is 0 Å². The van der Waals surface area contributed by atoms with Gasteiger partial charge in [0.1, 0.15) is 0 Å². The van der Waals surface area contributed by atoms with Crippen LogP contribution in [0.15, 0.2) is 103 Å². The second kappa shape index (κ2) is 12.0. The predicted octanol–water partition coefficient (Wildman–Crippen LogP) is 8.76. The van der Waals surface area contributed by atoms with Crippen LogP contribution in [-0.4, -0.2) is 57.3 Å². The zero-order valence-corrected chi connectivity index (χ0v) is 31.3. The van der Waals surface area contributed by atoms with Gasteiger partial charge in [-0.15, -0.1) is 0 Å². The highest BCUT2D eigenvalue weighted by Gasteiger charge is 2.74. The van der Waals surface area contributed by atoms with E-state index in [2.05, 4.69) is 61.2 Å². The first kappa shape index (κ1) is 34.7. The van der Waals surface area contributed by atoms with E-state index in [0.29, 0.717) is 55.9 Å². The van der Waals surface area contributed by atoms with Gasteiger partial charge in [-0.2, -0.15) is 0 Å². The lowest BCUT2D eigenvalue weighted by Gasteiger charge is -2.71. The van der Waals surface area contributed by atoms with Gasteiger partial charge in [0.2, 0.25) is 0 Å². The van der Waals surface area contributed by atoms with E-state index in [4.69, 9.17) is 11.6 Å². The molecule has 5 nitrogen and oxygen atoms in total. The Kier molecular flexibility index (Phi) is 7.99. The van der Waals surface area contributed by atoms with Gasteiger partial charge in [-0.05, 0) is 104 Å². The summed E-state index contributed by atoms with van der Waals surface area (Å²) in [6.07, 6.45) is 13.7. The van der Waals surface area contributed by atoms with E-state index >= 15 is 4.79 Å². The number of β-amino-alcohol motifs (C(OH)–C–C–N with tert-alkyl or cyclic N) is 1. The number of rotatable bonds is 6. The summed E-state index contributed by atoms with van der Waals surface area (Å²) in [5.41, 5.74) is 1.60. The van der Waals surface area contributed by atoms with Gasteiger partial charge in [0.15, 0.2) is 5.78 Å². The number of ketones is 1. The molecule has 0 amide bonds. The summed E-state index contributed by atoms with van der Waals surface area (Å²) in [6.45, 7) is 6.75. The lowest BCUT2D eigenvalue weighted by Crippen LogP contribution is -2.67. The molecule has 2 bridgehead atoms. The highest BCUT2D eigenvalue weighted by atomic mass is 35.5. The number of aliphatic hydroxyl groups excluding tert-OH is 1. The Morgan fingerprint density at radius 3 is 2.12 bits per heavy atom. The highest BCUT2D eigenvalue weighted by molar-refractivity contribution is 6.30. The minimum absolute atomic E-state index is 0.0665. The normalized spacial score (nSPS) is 39.0. The molecule has 4 fully saturated rings. The number of hydrogen-bond acceptors (Lipinski definition) is 5. The van der Waals surface area contributed by atoms with Crippen molar-refractivity contribution in [3.05, 3.63) is 119 Å². The van der Waals surface area contributed by atoms with Crippen molar-refractivity contribution in [3.8, 4) is 11.1 Å². The molecule has 7 aliphatic rings. The van der Waals surface area contributed by atoms with Gasteiger partial charge < -0.3 is 20.2 Å². The number of allylic oxidation sites excluding steroid dienone is 4. The van der Waals surface area contributed by atoms with E-state index < -0.39 is 22.0 Å². The van der Waals surface area contributed by atoms with Crippen molar-refractivity contribution in [1.29, 1.82) is 0 Å². The number of carbonyl (C=O) groups excluding carboxylic acids is 1. The Morgan fingerprint density at radius 1 is 0.769 bits per heavy atom. The molecule has 0 aromatic heterocycles. The van der Waals surface area contributed by atoms with E-state index in [1.807, 2.05) is 54.6 Å². The maximum Gasteiger partial charge on any atom is 0.189 e. The second-order valence-electron chi connectivity index (χ2n) is 17.9. The number of hydrogen-bond donors (Lipinski definition) is 3. The number of benzene rings is 3. The van der Waals surface area contributed by atoms with Crippen molar-refractivity contribution in [2.75, 3.05) is 19.6 Å². The van der Waals surface area contributed by atoms with Crippen LogP contribution in [0.4, 0.5) is 0 Å². The molecule has 1 unspecified atom stereocenters. The van der Waals surface area contributed by atoms with Gasteiger partial charge in [-0.1, -0.05) is 110 Å². The van der Waals surface area contributed by atoms with Gasteiger partial charge in [0, 0.05) is 52.0 Å². The van der Waals surface area contributed by atoms with Crippen molar-refractivity contribution >= 4 is 17.4 Å². The molecule has 0 radical (unpaired) electrons. The van der Waals surface area contributed by atoms with Crippen molar-refractivity contribution in [3.63, 3.8) is 0 Å². The number of Topliss-reactive ketones (excluding diaryl/α,β-unsaturated/α-hetero) is 1. The standard InChI is InChI=1S/C46H52ClNO4/c1-41-19-16-36(49)28-43(41)22-23-46(37(29-43)40(50)33-10-8-32(9-11-33)31-6-4-3-5-7-31)38(41)17-20-42(2)39(46)18-21-45(42,52)30-48-26-24-44(51,25-27-48)34-12-14-35(47)15-13-34/h3-15,22-23,29,36,38-39,49,51-52H,16-21,24-28,30H2,1-2H3/t36?,38-,39-,41-,42+,43+,45-,46-/m1/s1. The predicted molar refractivity (Wildman–Crippen MR) is 206 cm³/mol. The van der Waals surface area contributed by atoms with Crippen molar-refractivity contribution < 1.29 is 20.1 Å². The first-order valence-electron chi connectivity index (χ1n) is 19.6. The number of nitrogens with zero attached hydrogens (tertiary/aromatic N) is 1. The lowest BCUT2D eigenvalue weighted by atomic mass is 9.32. The topological polar surface area (TPSA) is 81.0 Å². The van der Waals surface area contributed by atoms with Crippen LogP contribution in [0.2, 0.25) is 5.02 Å². The highest BCUT2D eigenvalue weighted by Crippen LogP contribution is 2.78. The van der Waals surface area contributed by atoms with Gasteiger partial charge >= 0.3 is 0 Å². The average Bonchev–Trinajstić information content (AvgIpc) is 3.42. The Morgan fingerprint density at radius 2 is 1.40 bits per heavy atom. The van der Waals surface area contributed by atoms with E-state index in [-0.39, 0.29) is 34.6 Å². The minimum atomic E-state index is -0.915. The molecule has 3 N–H and O–H groups in total. The maximum atomic E-state index is 15.0. The van der Waals surface area contributed by atoms with Gasteiger partial charge in [0.25, 0.3) is 0 Å². The number of fused-ring (bicyclic) bond motifs is 1. The van der Waals surface area contributed by atoms with Crippen LogP contribution in [0.5, 0.6) is 0 Å². The fraction of sp³-hybridized carbons (Fsp3) is 0.500. The Labute approximate surface area is 313 Å². The number of piperidine rings is 1. The maximum absolute atomic E-state index is 15.0. The van der Waals surface area contributed by atoms with Crippen LogP contribution in [0.1, 0.15) is 87.6 Å². The van der Waals surface area contributed by atoms with Gasteiger partial charge in [-0.3, -0.25) is 4.79 Å². The summed E-state index contributed by atoms with van der Waals surface area (Å²) >= 11 is 6.14. The molecule has 1 aliphatic heterocycles. The molecule has 52 heavy (non-hydrogen) atoms. The largest absolute Gasteiger partial charge is 0.393 e. The number of likely N-dealkylation sites (tertiary alicyclic amines) is 1. The molecule has 8 atom stereocenters. The smallest absolute Gasteiger partial charge is 0.189 e. The molecule has 1 heterocycles. The molecule has 2 spiro atoms. The fourth-order valence-electron chi connectivity index (χ4n) is 12.7. The molecule has 1 saturated heterocycles. The van der Waals surface area contributed by atoms with Crippen LogP contribution < -0.4 is 0 Å². The van der Waals surface area contributed by atoms with Crippen molar-refractivity contribution in [2.45, 2.75) is 88.9 Å². The summed E-state index contributed by atoms with van der Waals surface area (Å²) < 4.78 is 0. The van der Waals surface area contributed by atoms with Crippen LogP contribution in [0.25, 0.3) is 11.1 Å². The third kappa shape index (κ3) is 4.85.